The lowest BCUT2D eigenvalue weighted by Gasteiger charge is -2.16. The van der Waals surface area contributed by atoms with E-state index >= 15 is 0 Å². The van der Waals surface area contributed by atoms with Crippen molar-refractivity contribution in [1.82, 2.24) is 4.98 Å². The summed E-state index contributed by atoms with van der Waals surface area (Å²) < 4.78 is 16.2. The molecule has 0 fully saturated rings. The number of thiazole rings is 1. The van der Waals surface area contributed by atoms with Crippen LogP contribution in [-0.4, -0.2) is 45.2 Å². The summed E-state index contributed by atoms with van der Waals surface area (Å²) >= 11 is 1.54. The van der Waals surface area contributed by atoms with Gasteiger partial charge in [0.1, 0.15) is 6.67 Å². The van der Waals surface area contributed by atoms with Gasteiger partial charge in [0.05, 0.1) is 33.6 Å². The lowest BCUT2D eigenvalue weighted by molar-refractivity contribution is 0.324. The van der Waals surface area contributed by atoms with E-state index in [1.165, 1.54) is 11.4 Å². The van der Waals surface area contributed by atoms with E-state index in [9.17, 15) is 0 Å². The second-order valence-electron chi connectivity index (χ2n) is 6.86. The van der Waals surface area contributed by atoms with Gasteiger partial charge in [-0.3, -0.25) is 4.99 Å². The number of aliphatic imine (C=N–C) groups is 1. The SMILES string of the molecule is COc1cc(Nc2nc(-c3ccc(N4CN=C(C)C4)cc3)cs2)cc(OC)c1OC. The van der Waals surface area contributed by atoms with Gasteiger partial charge in [0.15, 0.2) is 16.6 Å². The monoisotopic (exact) mass is 424 g/mol. The van der Waals surface area contributed by atoms with Gasteiger partial charge in [-0.05, 0) is 19.1 Å². The summed E-state index contributed by atoms with van der Waals surface area (Å²) in [6.07, 6.45) is 0. The van der Waals surface area contributed by atoms with Crippen LogP contribution in [0.2, 0.25) is 0 Å². The number of aromatic nitrogens is 1. The molecule has 0 saturated heterocycles. The van der Waals surface area contributed by atoms with Gasteiger partial charge in [-0.1, -0.05) is 12.1 Å². The summed E-state index contributed by atoms with van der Waals surface area (Å²) in [5.74, 6) is 1.74. The van der Waals surface area contributed by atoms with E-state index in [4.69, 9.17) is 19.2 Å². The van der Waals surface area contributed by atoms with E-state index in [0.717, 1.165) is 35.3 Å². The highest BCUT2D eigenvalue weighted by Gasteiger charge is 2.15. The number of benzene rings is 2. The highest BCUT2D eigenvalue weighted by atomic mass is 32.1. The Morgan fingerprint density at radius 1 is 1.00 bits per heavy atom. The molecule has 1 aliphatic rings. The Balaban J connectivity index is 1.51. The van der Waals surface area contributed by atoms with Gasteiger partial charge in [-0.2, -0.15) is 0 Å². The Morgan fingerprint density at radius 2 is 1.70 bits per heavy atom. The van der Waals surface area contributed by atoms with E-state index in [1.807, 2.05) is 17.5 Å². The van der Waals surface area contributed by atoms with Crippen molar-refractivity contribution in [2.24, 2.45) is 4.99 Å². The molecule has 0 unspecified atom stereocenters. The quantitative estimate of drug-likeness (QED) is 0.587. The molecule has 1 aromatic heterocycles. The van der Waals surface area contributed by atoms with Crippen molar-refractivity contribution in [1.29, 1.82) is 0 Å². The zero-order valence-corrected chi connectivity index (χ0v) is 18.2. The first kappa shape index (κ1) is 20.0. The van der Waals surface area contributed by atoms with Crippen LogP contribution in [0.25, 0.3) is 11.3 Å². The highest BCUT2D eigenvalue weighted by Crippen LogP contribution is 2.41. The number of anilines is 3. The number of rotatable bonds is 7. The van der Waals surface area contributed by atoms with E-state index < -0.39 is 0 Å². The van der Waals surface area contributed by atoms with Gasteiger partial charge in [-0.25, -0.2) is 4.98 Å². The molecular formula is C22H24N4O3S. The number of hydrogen-bond donors (Lipinski definition) is 1. The van der Waals surface area contributed by atoms with Gasteiger partial charge in [0.2, 0.25) is 5.75 Å². The molecule has 3 aromatic rings. The predicted octanol–water partition coefficient (Wildman–Crippen LogP) is 4.82. The van der Waals surface area contributed by atoms with Crippen molar-refractivity contribution in [3.05, 3.63) is 41.8 Å². The number of nitrogens with zero attached hydrogens (tertiary/aromatic N) is 3. The minimum absolute atomic E-state index is 0.559. The maximum absolute atomic E-state index is 5.42. The number of methoxy groups -OCH3 is 3. The molecule has 1 N–H and O–H groups in total. The standard InChI is InChI=1S/C22H24N4O3S/c1-14-11-26(13-23-14)17-7-5-15(6-8-17)18-12-30-22(25-18)24-16-9-19(27-2)21(29-4)20(10-16)28-3/h5-10,12H,11,13H2,1-4H3,(H,24,25). The first-order valence-electron chi connectivity index (χ1n) is 9.49. The summed E-state index contributed by atoms with van der Waals surface area (Å²) in [4.78, 5) is 11.4. The topological polar surface area (TPSA) is 68.2 Å². The zero-order chi connectivity index (χ0) is 21.1. The van der Waals surface area contributed by atoms with Crippen LogP contribution < -0.4 is 24.4 Å². The fraction of sp³-hybridized carbons (Fsp3) is 0.273. The van der Waals surface area contributed by atoms with E-state index in [2.05, 4.69) is 46.4 Å². The van der Waals surface area contributed by atoms with Crippen molar-refractivity contribution in [2.45, 2.75) is 6.92 Å². The molecule has 0 saturated carbocycles. The second-order valence-corrected chi connectivity index (χ2v) is 7.71. The number of ether oxygens (including phenoxy) is 3. The van der Waals surface area contributed by atoms with Crippen molar-refractivity contribution in [3.63, 3.8) is 0 Å². The molecule has 4 rings (SSSR count). The van der Waals surface area contributed by atoms with Crippen molar-refractivity contribution < 1.29 is 14.2 Å². The lowest BCUT2D eigenvalue weighted by atomic mass is 10.1. The summed E-state index contributed by atoms with van der Waals surface area (Å²) in [6, 6.07) is 12.2. The molecule has 2 heterocycles. The summed E-state index contributed by atoms with van der Waals surface area (Å²) in [5, 5.41) is 6.15. The third kappa shape index (κ3) is 4.04. The van der Waals surface area contributed by atoms with Crippen LogP contribution in [-0.2, 0) is 0 Å². The van der Waals surface area contributed by atoms with Crippen LogP contribution in [0.3, 0.4) is 0 Å². The van der Waals surface area contributed by atoms with Gasteiger partial charge in [0.25, 0.3) is 0 Å². The van der Waals surface area contributed by atoms with Crippen LogP contribution in [0.15, 0.2) is 46.8 Å². The molecule has 7 nitrogen and oxygen atoms in total. The van der Waals surface area contributed by atoms with Crippen molar-refractivity contribution in [3.8, 4) is 28.5 Å². The summed E-state index contributed by atoms with van der Waals surface area (Å²) in [7, 11) is 4.79. The average molecular weight is 425 g/mol. The molecule has 0 atom stereocenters. The van der Waals surface area contributed by atoms with Gasteiger partial charge in [-0.15, -0.1) is 11.3 Å². The largest absolute Gasteiger partial charge is 0.493 e. The van der Waals surface area contributed by atoms with Crippen LogP contribution in [0.5, 0.6) is 17.2 Å². The van der Waals surface area contributed by atoms with E-state index in [0.29, 0.717) is 17.2 Å². The predicted molar refractivity (Wildman–Crippen MR) is 122 cm³/mol. The molecule has 0 bridgehead atoms. The normalized spacial score (nSPS) is 13.2. The Labute approximate surface area is 180 Å². The fourth-order valence-corrected chi connectivity index (χ4v) is 4.08. The van der Waals surface area contributed by atoms with Crippen molar-refractivity contribution >= 4 is 33.6 Å². The Morgan fingerprint density at radius 3 is 2.27 bits per heavy atom. The van der Waals surface area contributed by atoms with E-state index in [-0.39, 0.29) is 0 Å². The third-order valence-corrected chi connectivity index (χ3v) is 5.64. The molecule has 1 aliphatic heterocycles. The minimum atomic E-state index is 0.559. The second kappa shape index (κ2) is 8.62. The summed E-state index contributed by atoms with van der Waals surface area (Å²) in [5.41, 5.74) is 5.15. The van der Waals surface area contributed by atoms with Crippen molar-refractivity contribution in [2.75, 3.05) is 44.8 Å². The van der Waals surface area contributed by atoms with E-state index in [1.54, 1.807) is 32.7 Å². The number of nitrogens with one attached hydrogen (secondary N) is 1. The molecular weight excluding hydrogens is 400 g/mol. The first-order chi connectivity index (χ1) is 14.6. The molecule has 2 aromatic carbocycles. The molecule has 30 heavy (non-hydrogen) atoms. The third-order valence-electron chi connectivity index (χ3n) is 4.88. The molecule has 0 amide bonds. The Kier molecular flexibility index (Phi) is 5.76. The average Bonchev–Trinajstić information content (AvgIpc) is 3.42. The molecule has 0 aliphatic carbocycles. The maximum atomic E-state index is 5.42. The van der Waals surface area contributed by atoms with Crippen LogP contribution in [0.1, 0.15) is 6.92 Å². The smallest absolute Gasteiger partial charge is 0.203 e. The van der Waals surface area contributed by atoms with Crippen LogP contribution in [0.4, 0.5) is 16.5 Å². The Bertz CT molecular complexity index is 1040. The summed E-state index contributed by atoms with van der Waals surface area (Å²) in [6.45, 7) is 3.68. The van der Waals surface area contributed by atoms with Gasteiger partial charge < -0.3 is 24.4 Å². The Hall–Kier alpha value is -3.26. The molecule has 8 heteroatoms. The highest BCUT2D eigenvalue weighted by molar-refractivity contribution is 7.14. The van der Waals surface area contributed by atoms with Gasteiger partial charge in [0, 0.05) is 40.2 Å². The zero-order valence-electron chi connectivity index (χ0n) is 17.4. The molecule has 0 spiro atoms. The lowest BCUT2D eigenvalue weighted by Crippen LogP contribution is -2.21. The minimum Gasteiger partial charge on any atom is -0.493 e. The fourth-order valence-electron chi connectivity index (χ4n) is 3.34. The molecule has 0 radical (unpaired) electrons. The first-order valence-corrected chi connectivity index (χ1v) is 10.4. The van der Waals surface area contributed by atoms with Crippen LogP contribution >= 0.6 is 11.3 Å². The van der Waals surface area contributed by atoms with Crippen LogP contribution in [0, 0.1) is 0 Å². The number of hydrogen-bond acceptors (Lipinski definition) is 8. The molecule has 156 valence electrons. The van der Waals surface area contributed by atoms with Gasteiger partial charge >= 0.3 is 0 Å². The maximum Gasteiger partial charge on any atom is 0.203 e.